The molecule has 0 amide bonds. The third-order valence-electron chi connectivity index (χ3n) is 2.37. The predicted octanol–water partition coefficient (Wildman–Crippen LogP) is 4.42. The van der Waals surface area contributed by atoms with Gasteiger partial charge in [0, 0.05) is 0 Å². The maximum absolute atomic E-state index is 13.4. The Morgan fingerprint density at radius 3 is 2.44 bits per heavy atom. The molecule has 2 aromatic carbocycles. The monoisotopic (exact) mass is 286 g/mol. The summed E-state index contributed by atoms with van der Waals surface area (Å²) in [6.45, 7) is -0.458. The highest BCUT2D eigenvalue weighted by Gasteiger charge is 2.12. The van der Waals surface area contributed by atoms with Gasteiger partial charge < -0.3 is 9.84 Å². The van der Waals surface area contributed by atoms with E-state index in [1.165, 1.54) is 12.1 Å². The van der Waals surface area contributed by atoms with Gasteiger partial charge in [-0.15, -0.1) is 0 Å². The topological polar surface area (TPSA) is 29.5 Å². The lowest BCUT2D eigenvalue weighted by molar-refractivity contribution is 0.270. The van der Waals surface area contributed by atoms with Gasteiger partial charge in [0.25, 0.3) is 0 Å². The molecule has 2 nitrogen and oxygen atoms in total. The van der Waals surface area contributed by atoms with Crippen molar-refractivity contribution in [2.75, 3.05) is 0 Å². The number of halogens is 3. The van der Waals surface area contributed by atoms with Crippen molar-refractivity contribution in [1.82, 2.24) is 0 Å². The molecular formula is C13H9Cl2FO2. The van der Waals surface area contributed by atoms with Crippen LogP contribution in [-0.2, 0) is 6.61 Å². The lowest BCUT2D eigenvalue weighted by Gasteiger charge is -2.11. The normalized spacial score (nSPS) is 10.4. The fourth-order valence-electron chi connectivity index (χ4n) is 1.47. The Bertz CT molecular complexity index is 573. The first-order chi connectivity index (χ1) is 8.63. The molecule has 2 aromatic rings. The summed E-state index contributed by atoms with van der Waals surface area (Å²) in [7, 11) is 0. The molecule has 0 aliphatic heterocycles. The number of rotatable bonds is 3. The van der Waals surface area contributed by atoms with Crippen LogP contribution in [0.5, 0.6) is 11.5 Å². The van der Waals surface area contributed by atoms with Crippen molar-refractivity contribution in [3.8, 4) is 11.5 Å². The van der Waals surface area contributed by atoms with Crippen molar-refractivity contribution in [3.63, 3.8) is 0 Å². The summed E-state index contributed by atoms with van der Waals surface area (Å²) in [6.07, 6.45) is 0. The Balaban J connectivity index is 2.40. The summed E-state index contributed by atoms with van der Waals surface area (Å²) >= 11 is 11.8. The second kappa shape index (κ2) is 5.57. The van der Waals surface area contributed by atoms with Gasteiger partial charge in [-0.2, -0.15) is 0 Å². The van der Waals surface area contributed by atoms with Gasteiger partial charge in [-0.25, -0.2) is 4.39 Å². The van der Waals surface area contributed by atoms with Gasteiger partial charge in [0.1, 0.15) is 22.3 Å². The van der Waals surface area contributed by atoms with E-state index < -0.39 is 12.4 Å². The van der Waals surface area contributed by atoms with E-state index in [2.05, 4.69) is 0 Å². The largest absolute Gasteiger partial charge is 0.455 e. The zero-order valence-corrected chi connectivity index (χ0v) is 10.7. The van der Waals surface area contributed by atoms with Crippen molar-refractivity contribution in [1.29, 1.82) is 0 Å². The molecular weight excluding hydrogens is 278 g/mol. The molecule has 0 radical (unpaired) electrons. The van der Waals surface area contributed by atoms with E-state index in [4.69, 9.17) is 33.0 Å². The van der Waals surface area contributed by atoms with Crippen molar-refractivity contribution in [2.24, 2.45) is 0 Å². The zero-order chi connectivity index (χ0) is 13.1. The smallest absolute Gasteiger partial charge is 0.147 e. The molecule has 0 spiro atoms. The van der Waals surface area contributed by atoms with Gasteiger partial charge in [-0.05, 0) is 24.3 Å². The summed E-state index contributed by atoms with van der Waals surface area (Å²) in [5, 5.41) is 9.71. The van der Waals surface area contributed by atoms with E-state index in [0.717, 1.165) is 0 Å². The molecule has 0 atom stereocenters. The Morgan fingerprint density at radius 1 is 1.06 bits per heavy atom. The molecule has 0 aliphatic carbocycles. The molecule has 5 heteroatoms. The summed E-state index contributed by atoms with van der Waals surface area (Å²) in [6, 6.07) is 9.18. The molecule has 0 aliphatic rings. The first-order valence-electron chi connectivity index (χ1n) is 5.13. The number of hydrogen-bond acceptors (Lipinski definition) is 2. The molecule has 0 saturated carbocycles. The Kier molecular flexibility index (Phi) is 4.07. The highest BCUT2D eigenvalue weighted by atomic mass is 35.5. The minimum absolute atomic E-state index is 0.0774. The summed E-state index contributed by atoms with van der Waals surface area (Å²) in [5.41, 5.74) is 0.0774. The van der Waals surface area contributed by atoms with Crippen LogP contribution >= 0.6 is 23.2 Å². The SMILES string of the molecule is OCc1c(F)cccc1Oc1cccc(Cl)c1Cl. The minimum atomic E-state index is -0.534. The lowest BCUT2D eigenvalue weighted by atomic mass is 10.2. The average molecular weight is 287 g/mol. The van der Waals surface area contributed by atoms with E-state index >= 15 is 0 Å². The van der Waals surface area contributed by atoms with E-state index in [0.29, 0.717) is 10.8 Å². The standard InChI is InChI=1S/C13H9Cl2FO2/c14-9-3-1-6-12(13(9)15)18-11-5-2-4-10(16)8(11)7-17/h1-6,17H,7H2. The van der Waals surface area contributed by atoms with Crippen LogP contribution < -0.4 is 4.74 Å². The molecule has 0 bridgehead atoms. The van der Waals surface area contributed by atoms with Crippen LogP contribution in [-0.4, -0.2) is 5.11 Å². The summed E-state index contributed by atoms with van der Waals surface area (Å²) in [4.78, 5) is 0. The van der Waals surface area contributed by atoms with E-state index in [9.17, 15) is 4.39 Å². The predicted molar refractivity (Wildman–Crippen MR) is 68.9 cm³/mol. The van der Waals surface area contributed by atoms with Gasteiger partial charge in [0.15, 0.2) is 0 Å². The molecule has 0 fully saturated rings. The molecule has 0 heterocycles. The second-order valence-electron chi connectivity index (χ2n) is 3.53. The van der Waals surface area contributed by atoms with Crippen LogP contribution in [0.2, 0.25) is 10.0 Å². The molecule has 18 heavy (non-hydrogen) atoms. The van der Waals surface area contributed by atoms with Crippen molar-refractivity contribution in [3.05, 3.63) is 57.8 Å². The maximum atomic E-state index is 13.4. The number of aliphatic hydroxyl groups is 1. The van der Waals surface area contributed by atoms with Gasteiger partial charge in [0.05, 0.1) is 17.2 Å². The number of aliphatic hydroxyl groups excluding tert-OH is 1. The fraction of sp³-hybridized carbons (Fsp3) is 0.0769. The van der Waals surface area contributed by atoms with Crippen LogP contribution in [0.4, 0.5) is 4.39 Å². The van der Waals surface area contributed by atoms with Crippen LogP contribution in [0.25, 0.3) is 0 Å². The minimum Gasteiger partial charge on any atom is -0.455 e. The van der Waals surface area contributed by atoms with E-state index in [1.54, 1.807) is 24.3 Å². The maximum Gasteiger partial charge on any atom is 0.147 e. The molecule has 2 rings (SSSR count). The van der Waals surface area contributed by atoms with Gasteiger partial charge >= 0.3 is 0 Å². The van der Waals surface area contributed by atoms with Crippen molar-refractivity contribution in [2.45, 2.75) is 6.61 Å². The highest BCUT2D eigenvalue weighted by Crippen LogP contribution is 2.36. The number of benzene rings is 2. The zero-order valence-electron chi connectivity index (χ0n) is 9.16. The first-order valence-corrected chi connectivity index (χ1v) is 5.89. The second-order valence-corrected chi connectivity index (χ2v) is 4.31. The van der Waals surface area contributed by atoms with Gasteiger partial charge in [-0.3, -0.25) is 0 Å². The van der Waals surface area contributed by atoms with E-state index in [-0.39, 0.29) is 16.3 Å². The van der Waals surface area contributed by atoms with Gasteiger partial charge in [0.2, 0.25) is 0 Å². The summed E-state index contributed by atoms with van der Waals surface area (Å²) < 4.78 is 18.9. The summed E-state index contributed by atoms with van der Waals surface area (Å²) in [5.74, 6) is -0.0146. The molecule has 0 saturated heterocycles. The number of hydrogen-bond donors (Lipinski definition) is 1. The fourth-order valence-corrected chi connectivity index (χ4v) is 1.80. The van der Waals surface area contributed by atoms with Crippen LogP contribution in [0.3, 0.4) is 0 Å². The molecule has 0 unspecified atom stereocenters. The van der Waals surface area contributed by atoms with Crippen molar-refractivity contribution >= 4 is 23.2 Å². The number of ether oxygens (including phenoxy) is 1. The quantitative estimate of drug-likeness (QED) is 0.905. The molecule has 94 valence electrons. The van der Waals surface area contributed by atoms with Crippen LogP contribution in [0.1, 0.15) is 5.56 Å². The molecule has 1 N–H and O–H groups in total. The van der Waals surface area contributed by atoms with Crippen molar-refractivity contribution < 1.29 is 14.2 Å². The average Bonchev–Trinajstić information content (AvgIpc) is 2.35. The lowest BCUT2D eigenvalue weighted by Crippen LogP contribution is -1.95. The Morgan fingerprint density at radius 2 is 1.72 bits per heavy atom. The first kappa shape index (κ1) is 13.1. The third-order valence-corrected chi connectivity index (χ3v) is 3.17. The van der Waals surface area contributed by atoms with E-state index in [1.807, 2.05) is 0 Å². The van der Waals surface area contributed by atoms with Crippen LogP contribution in [0, 0.1) is 5.82 Å². The Labute approximate surface area is 114 Å². The third kappa shape index (κ3) is 2.58. The molecule has 0 aromatic heterocycles. The van der Waals surface area contributed by atoms with Crippen LogP contribution in [0.15, 0.2) is 36.4 Å². The Hall–Kier alpha value is -1.29. The van der Waals surface area contributed by atoms with Gasteiger partial charge in [-0.1, -0.05) is 35.3 Å². The highest BCUT2D eigenvalue weighted by molar-refractivity contribution is 6.42.